The maximum absolute atomic E-state index is 12.2. The van der Waals surface area contributed by atoms with Crippen molar-refractivity contribution in [3.05, 3.63) is 39.4 Å². The van der Waals surface area contributed by atoms with Gasteiger partial charge in [-0.15, -0.1) is 0 Å². The molecule has 0 atom stereocenters. The summed E-state index contributed by atoms with van der Waals surface area (Å²) in [7, 11) is 0. The lowest BCUT2D eigenvalue weighted by Gasteiger charge is -2.08. The Morgan fingerprint density at radius 3 is 2.89 bits per heavy atom. The normalized spacial score (nSPS) is 11.3. The minimum atomic E-state index is 0.0521. The van der Waals surface area contributed by atoms with Crippen LogP contribution in [-0.4, -0.2) is 9.55 Å². The molecule has 96 valence electrons. The van der Waals surface area contributed by atoms with E-state index in [4.69, 9.17) is 0 Å². The van der Waals surface area contributed by atoms with Gasteiger partial charge in [0, 0.05) is 11.0 Å². The van der Waals surface area contributed by atoms with Crippen molar-refractivity contribution in [3.63, 3.8) is 0 Å². The molecule has 0 bridgehead atoms. The number of aryl methyl sites for hydroxylation is 1. The van der Waals surface area contributed by atoms with Crippen LogP contribution in [0.4, 0.5) is 0 Å². The van der Waals surface area contributed by atoms with Gasteiger partial charge in [-0.3, -0.25) is 9.36 Å². The summed E-state index contributed by atoms with van der Waals surface area (Å²) in [6, 6.07) is 5.58. The molecule has 0 saturated heterocycles. The van der Waals surface area contributed by atoms with Crippen molar-refractivity contribution in [3.8, 4) is 0 Å². The molecule has 3 nitrogen and oxygen atoms in total. The minimum absolute atomic E-state index is 0.0521. The van der Waals surface area contributed by atoms with E-state index in [-0.39, 0.29) is 5.56 Å². The molecular weight excluding hydrogens is 292 g/mol. The lowest BCUT2D eigenvalue weighted by Crippen LogP contribution is -2.20. The van der Waals surface area contributed by atoms with E-state index in [1.54, 1.807) is 10.9 Å². The molecule has 0 saturated carbocycles. The number of hydrogen-bond donors (Lipinski definition) is 0. The Morgan fingerprint density at radius 1 is 1.39 bits per heavy atom. The molecule has 18 heavy (non-hydrogen) atoms. The van der Waals surface area contributed by atoms with E-state index >= 15 is 0 Å². The number of benzene rings is 1. The first-order chi connectivity index (χ1) is 8.58. The third-order valence-electron chi connectivity index (χ3n) is 2.97. The number of aromatic nitrogens is 2. The summed E-state index contributed by atoms with van der Waals surface area (Å²) in [4.78, 5) is 16.6. The van der Waals surface area contributed by atoms with Gasteiger partial charge < -0.3 is 0 Å². The summed E-state index contributed by atoms with van der Waals surface area (Å²) in [6.45, 7) is 5.13. The van der Waals surface area contributed by atoms with Gasteiger partial charge in [-0.2, -0.15) is 0 Å². The van der Waals surface area contributed by atoms with Gasteiger partial charge in [0.2, 0.25) is 0 Å². The Balaban J connectivity index is 2.28. The predicted molar refractivity (Wildman–Crippen MR) is 77.8 cm³/mol. The van der Waals surface area contributed by atoms with Gasteiger partial charge in [-0.05, 0) is 37.0 Å². The number of nitrogens with zero attached hydrogens (tertiary/aromatic N) is 2. The molecule has 2 aromatic rings. The van der Waals surface area contributed by atoms with E-state index in [9.17, 15) is 4.79 Å². The zero-order valence-corrected chi connectivity index (χ0v) is 12.3. The molecule has 0 aliphatic rings. The molecule has 0 unspecified atom stereocenters. The van der Waals surface area contributed by atoms with Crippen LogP contribution < -0.4 is 5.56 Å². The number of hydrogen-bond acceptors (Lipinski definition) is 2. The van der Waals surface area contributed by atoms with E-state index < -0.39 is 0 Å². The highest BCUT2D eigenvalue weighted by Gasteiger charge is 2.04. The fourth-order valence-electron chi connectivity index (χ4n) is 1.96. The van der Waals surface area contributed by atoms with Crippen molar-refractivity contribution >= 4 is 26.8 Å². The Labute approximate surface area is 115 Å². The molecule has 2 rings (SSSR count). The van der Waals surface area contributed by atoms with E-state index in [0.717, 1.165) is 29.4 Å². The maximum Gasteiger partial charge on any atom is 0.261 e. The molecule has 0 amide bonds. The van der Waals surface area contributed by atoms with Gasteiger partial charge in [0.05, 0.1) is 17.2 Å². The fraction of sp³-hybridized carbons (Fsp3) is 0.429. The zero-order chi connectivity index (χ0) is 13.1. The van der Waals surface area contributed by atoms with Gasteiger partial charge in [-0.1, -0.05) is 29.8 Å². The van der Waals surface area contributed by atoms with Crippen molar-refractivity contribution < 1.29 is 0 Å². The van der Waals surface area contributed by atoms with Crippen LogP contribution in [0.15, 0.2) is 33.8 Å². The van der Waals surface area contributed by atoms with E-state index in [0.29, 0.717) is 11.3 Å². The van der Waals surface area contributed by atoms with Crippen molar-refractivity contribution in [2.75, 3.05) is 0 Å². The van der Waals surface area contributed by atoms with E-state index in [1.807, 2.05) is 18.2 Å². The van der Waals surface area contributed by atoms with Gasteiger partial charge in [-0.25, -0.2) is 4.98 Å². The second-order valence-corrected chi connectivity index (χ2v) is 5.86. The topological polar surface area (TPSA) is 34.9 Å². The van der Waals surface area contributed by atoms with Crippen LogP contribution in [0.3, 0.4) is 0 Å². The molecule has 0 spiro atoms. The lowest BCUT2D eigenvalue weighted by atomic mass is 10.1. The largest absolute Gasteiger partial charge is 0.299 e. The van der Waals surface area contributed by atoms with Gasteiger partial charge in [0.1, 0.15) is 0 Å². The van der Waals surface area contributed by atoms with Crippen LogP contribution in [0.1, 0.15) is 26.7 Å². The highest BCUT2D eigenvalue weighted by atomic mass is 79.9. The standard InChI is InChI=1S/C14H17BrN2O/c1-10(2)4-3-7-17-9-16-13-8-11(15)5-6-12(13)14(17)18/h5-6,8-10H,3-4,7H2,1-2H3. The van der Waals surface area contributed by atoms with Crippen molar-refractivity contribution in [1.29, 1.82) is 0 Å². The Bertz CT molecular complexity index is 604. The van der Waals surface area contributed by atoms with Crippen LogP contribution in [0.2, 0.25) is 0 Å². The molecular formula is C14H17BrN2O. The van der Waals surface area contributed by atoms with Crippen LogP contribution in [0.25, 0.3) is 10.9 Å². The monoisotopic (exact) mass is 308 g/mol. The quantitative estimate of drug-likeness (QED) is 0.865. The molecule has 0 radical (unpaired) electrons. The summed E-state index contributed by atoms with van der Waals surface area (Å²) < 4.78 is 2.65. The predicted octanol–water partition coefficient (Wildman–Crippen LogP) is 3.60. The number of fused-ring (bicyclic) bond motifs is 1. The van der Waals surface area contributed by atoms with Crippen LogP contribution >= 0.6 is 15.9 Å². The minimum Gasteiger partial charge on any atom is -0.299 e. The number of halogens is 1. The van der Waals surface area contributed by atoms with Gasteiger partial charge >= 0.3 is 0 Å². The van der Waals surface area contributed by atoms with Gasteiger partial charge in [0.15, 0.2) is 0 Å². The molecule has 0 N–H and O–H groups in total. The molecule has 1 aromatic carbocycles. The molecule has 4 heteroatoms. The van der Waals surface area contributed by atoms with Gasteiger partial charge in [0.25, 0.3) is 5.56 Å². The van der Waals surface area contributed by atoms with E-state index in [1.165, 1.54) is 0 Å². The van der Waals surface area contributed by atoms with E-state index in [2.05, 4.69) is 34.8 Å². The average Bonchev–Trinajstić information content (AvgIpc) is 2.31. The summed E-state index contributed by atoms with van der Waals surface area (Å²) in [6.07, 6.45) is 3.80. The smallest absolute Gasteiger partial charge is 0.261 e. The summed E-state index contributed by atoms with van der Waals surface area (Å²) >= 11 is 3.38. The molecule has 0 aliphatic heterocycles. The lowest BCUT2D eigenvalue weighted by molar-refractivity contribution is 0.504. The molecule has 0 fully saturated rings. The maximum atomic E-state index is 12.2. The number of rotatable bonds is 4. The molecule has 1 aromatic heterocycles. The van der Waals surface area contributed by atoms with Crippen LogP contribution in [0, 0.1) is 5.92 Å². The first-order valence-electron chi connectivity index (χ1n) is 6.22. The molecule has 0 aliphatic carbocycles. The van der Waals surface area contributed by atoms with Crippen molar-refractivity contribution in [2.45, 2.75) is 33.2 Å². The second kappa shape index (κ2) is 5.65. The van der Waals surface area contributed by atoms with Crippen molar-refractivity contribution in [1.82, 2.24) is 9.55 Å². The highest BCUT2D eigenvalue weighted by molar-refractivity contribution is 9.10. The summed E-state index contributed by atoms with van der Waals surface area (Å²) in [5.41, 5.74) is 0.797. The van der Waals surface area contributed by atoms with Crippen LogP contribution in [0.5, 0.6) is 0 Å². The molecule has 1 heterocycles. The second-order valence-electron chi connectivity index (χ2n) is 4.94. The first-order valence-corrected chi connectivity index (χ1v) is 7.02. The van der Waals surface area contributed by atoms with Crippen molar-refractivity contribution in [2.24, 2.45) is 5.92 Å². The first kappa shape index (κ1) is 13.3. The van der Waals surface area contributed by atoms with Crippen LogP contribution in [-0.2, 0) is 6.54 Å². The summed E-state index contributed by atoms with van der Waals surface area (Å²) in [5, 5.41) is 0.685. The third kappa shape index (κ3) is 2.99. The third-order valence-corrected chi connectivity index (χ3v) is 3.46. The fourth-order valence-corrected chi connectivity index (χ4v) is 2.31. The SMILES string of the molecule is CC(C)CCCn1cnc2cc(Br)ccc2c1=O. The highest BCUT2D eigenvalue weighted by Crippen LogP contribution is 2.15. The average molecular weight is 309 g/mol. The Hall–Kier alpha value is -1.16. The Kier molecular flexibility index (Phi) is 4.17. The Morgan fingerprint density at radius 2 is 2.17 bits per heavy atom. The zero-order valence-electron chi connectivity index (χ0n) is 10.7. The summed E-state index contributed by atoms with van der Waals surface area (Å²) in [5.74, 6) is 0.671.